The SMILES string of the molecule is CC(C(=O)NC1CCCCC1)N(Cc1ccccc1)C(=O)Cc1ccccc1[N+](=O)[O-]. The van der Waals surface area contributed by atoms with Crippen LogP contribution in [0.2, 0.25) is 0 Å². The zero-order chi connectivity index (χ0) is 22.2. The van der Waals surface area contributed by atoms with Gasteiger partial charge in [0.15, 0.2) is 0 Å². The molecular formula is C24H29N3O4. The molecule has 164 valence electrons. The molecule has 1 atom stereocenters. The van der Waals surface area contributed by atoms with Crippen LogP contribution in [0.3, 0.4) is 0 Å². The first-order valence-corrected chi connectivity index (χ1v) is 10.8. The molecule has 1 N–H and O–H groups in total. The van der Waals surface area contributed by atoms with Crippen LogP contribution >= 0.6 is 0 Å². The molecule has 1 fully saturated rings. The van der Waals surface area contributed by atoms with Crippen molar-refractivity contribution in [1.29, 1.82) is 0 Å². The van der Waals surface area contributed by atoms with Gasteiger partial charge in [-0.05, 0) is 25.3 Å². The molecule has 0 bridgehead atoms. The fourth-order valence-electron chi connectivity index (χ4n) is 4.03. The molecule has 0 radical (unpaired) electrons. The summed E-state index contributed by atoms with van der Waals surface area (Å²) in [6, 6.07) is 15.2. The third-order valence-electron chi connectivity index (χ3n) is 5.84. The third kappa shape index (κ3) is 6.13. The van der Waals surface area contributed by atoms with E-state index in [4.69, 9.17) is 0 Å². The number of carbonyl (C=O) groups is 2. The number of para-hydroxylation sites is 1. The van der Waals surface area contributed by atoms with E-state index in [-0.39, 0.29) is 36.5 Å². The summed E-state index contributed by atoms with van der Waals surface area (Å²) in [5.74, 6) is -0.497. The lowest BCUT2D eigenvalue weighted by molar-refractivity contribution is -0.385. The first kappa shape index (κ1) is 22.5. The number of nitrogens with zero attached hydrogens (tertiary/aromatic N) is 2. The van der Waals surface area contributed by atoms with Gasteiger partial charge in [-0.15, -0.1) is 0 Å². The minimum Gasteiger partial charge on any atom is -0.352 e. The van der Waals surface area contributed by atoms with Gasteiger partial charge in [-0.3, -0.25) is 19.7 Å². The highest BCUT2D eigenvalue weighted by Crippen LogP contribution is 2.21. The Hall–Kier alpha value is -3.22. The lowest BCUT2D eigenvalue weighted by atomic mass is 9.95. The van der Waals surface area contributed by atoms with Gasteiger partial charge >= 0.3 is 0 Å². The van der Waals surface area contributed by atoms with E-state index in [2.05, 4.69) is 5.32 Å². The average molecular weight is 424 g/mol. The number of rotatable bonds is 8. The van der Waals surface area contributed by atoms with Crippen molar-refractivity contribution in [3.8, 4) is 0 Å². The van der Waals surface area contributed by atoms with E-state index < -0.39 is 11.0 Å². The maximum atomic E-state index is 13.3. The molecule has 2 aromatic carbocycles. The molecule has 3 rings (SSSR count). The van der Waals surface area contributed by atoms with Gasteiger partial charge in [0, 0.05) is 24.2 Å². The van der Waals surface area contributed by atoms with E-state index in [1.165, 1.54) is 17.4 Å². The van der Waals surface area contributed by atoms with Gasteiger partial charge in [0.25, 0.3) is 5.69 Å². The van der Waals surface area contributed by atoms with Crippen LogP contribution in [0.4, 0.5) is 5.69 Å². The Morgan fingerprint density at radius 3 is 2.39 bits per heavy atom. The molecular weight excluding hydrogens is 394 g/mol. The smallest absolute Gasteiger partial charge is 0.273 e. The lowest BCUT2D eigenvalue weighted by Crippen LogP contribution is -2.50. The summed E-state index contributed by atoms with van der Waals surface area (Å²) in [4.78, 5) is 38.6. The quantitative estimate of drug-likeness (QED) is 0.513. The summed E-state index contributed by atoms with van der Waals surface area (Å²) in [6.45, 7) is 1.98. The molecule has 7 heteroatoms. The molecule has 1 aliphatic carbocycles. The molecule has 0 heterocycles. The second-order valence-corrected chi connectivity index (χ2v) is 8.09. The van der Waals surface area contributed by atoms with Gasteiger partial charge in [-0.25, -0.2) is 0 Å². The number of hydrogen-bond acceptors (Lipinski definition) is 4. The summed E-state index contributed by atoms with van der Waals surface area (Å²) < 4.78 is 0. The summed E-state index contributed by atoms with van der Waals surface area (Å²) >= 11 is 0. The number of amides is 2. The van der Waals surface area contributed by atoms with Crippen molar-refractivity contribution in [3.05, 3.63) is 75.8 Å². The van der Waals surface area contributed by atoms with Gasteiger partial charge in [0.2, 0.25) is 11.8 Å². The number of carbonyl (C=O) groups excluding carboxylic acids is 2. The molecule has 31 heavy (non-hydrogen) atoms. The number of nitro benzene ring substituents is 1. The second-order valence-electron chi connectivity index (χ2n) is 8.09. The van der Waals surface area contributed by atoms with Crippen LogP contribution in [-0.2, 0) is 22.6 Å². The van der Waals surface area contributed by atoms with Crippen molar-refractivity contribution < 1.29 is 14.5 Å². The molecule has 1 aliphatic rings. The van der Waals surface area contributed by atoms with Crippen LogP contribution in [-0.4, -0.2) is 33.7 Å². The maximum absolute atomic E-state index is 13.3. The Labute approximate surface area is 182 Å². The summed E-state index contributed by atoms with van der Waals surface area (Å²) in [5.41, 5.74) is 1.15. The fourth-order valence-corrected chi connectivity index (χ4v) is 4.03. The normalized spacial score (nSPS) is 15.1. The Morgan fingerprint density at radius 2 is 1.71 bits per heavy atom. The van der Waals surface area contributed by atoms with Crippen LogP contribution in [0.5, 0.6) is 0 Å². The van der Waals surface area contributed by atoms with Crippen molar-refractivity contribution in [3.63, 3.8) is 0 Å². The standard InChI is InChI=1S/C24H29N3O4/c1-18(24(29)25-21-13-6-3-7-14-21)26(17-19-10-4-2-5-11-19)23(28)16-20-12-8-9-15-22(20)27(30)31/h2,4-5,8-12,15,18,21H,3,6-7,13-14,16-17H2,1H3,(H,25,29). The summed E-state index contributed by atoms with van der Waals surface area (Å²) in [7, 11) is 0. The van der Waals surface area contributed by atoms with E-state index in [0.717, 1.165) is 31.2 Å². The molecule has 2 amide bonds. The van der Waals surface area contributed by atoms with Crippen molar-refractivity contribution in [1.82, 2.24) is 10.2 Å². The minimum atomic E-state index is -0.683. The van der Waals surface area contributed by atoms with Gasteiger partial charge in [0.05, 0.1) is 11.3 Å². The lowest BCUT2D eigenvalue weighted by Gasteiger charge is -2.31. The van der Waals surface area contributed by atoms with Gasteiger partial charge in [0.1, 0.15) is 6.04 Å². The van der Waals surface area contributed by atoms with Gasteiger partial charge < -0.3 is 10.2 Å². The predicted molar refractivity (Wildman–Crippen MR) is 118 cm³/mol. The molecule has 0 saturated heterocycles. The van der Waals surface area contributed by atoms with Gasteiger partial charge in [-0.2, -0.15) is 0 Å². The molecule has 0 aliphatic heterocycles. The third-order valence-corrected chi connectivity index (χ3v) is 5.84. The van der Waals surface area contributed by atoms with Crippen molar-refractivity contribution in [2.24, 2.45) is 0 Å². The van der Waals surface area contributed by atoms with E-state index in [1.807, 2.05) is 30.3 Å². The molecule has 0 aromatic heterocycles. The van der Waals surface area contributed by atoms with Crippen LogP contribution < -0.4 is 5.32 Å². The molecule has 0 spiro atoms. The highest BCUT2D eigenvalue weighted by molar-refractivity contribution is 5.88. The average Bonchev–Trinajstić information content (AvgIpc) is 2.78. The van der Waals surface area contributed by atoms with E-state index in [1.54, 1.807) is 25.1 Å². The Morgan fingerprint density at radius 1 is 1.06 bits per heavy atom. The highest BCUT2D eigenvalue weighted by atomic mass is 16.6. The largest absolute Gasteiger partial charge is 0.352 e. The summed E-state index contributed by atoms with van der Waals surface area (Å²) in [5, 5.41) is 14.4. The number of hydrogen-bond donors (Lipinski definition) is 1. The van der Waals surface area contributed by atoms with Crippen molar-refractivity contribution >= 4 is 17.5 Å². The summed E-state index contributed by atoms with van der Waals surface area (Å²) in [6.07, 6.45) is 5.18. The number of nitro groups is 1. The topological polar surface area (TPSA) is 92.6 Å². The molecule has 2 aromatic rings. The first-order valence-electron chi connectivity index (χ1n) is 10.8. The van der Waals surface area contributed by atoms with Crippen LogP contribution in [0.1, 0.15) is 50.2 Å². The van der Waals surface area contributed by atoms with Crippen LogP contribution in [0, 0.1) is 10.1 Å². The molecule has 1 saturated carbocycles. The van der Waals surface area contributed by atoms with E-state index in [0.29, 0.717) is 5.56 Å². The second kappa shape index (κ2) is 10.7. The number of benzene rings is 2. The fraction of sp³-hybridized carbons (Fsp3) is 0.417. The predicted octanol–water partition coefficient (Wildman–Crippen LogP) is 4.00. The minimum absolute atomic E-state index is 0.0881. The van der Waals surface area contributed by atoms with E-state index in [9.17, 15) is 19.7 Å². The van der Waals surface area contributed by atoms with Gasteiger partial charge in [-0.1, -0.05) is 67.8 Å². The Balaban J connectivity index is 1.79. The van der Waals surface area contributed by atoms with Crippen molar-refractivity contribution in [2.75, 3.05) is 0 Å². The van der Waals surface area contributed by atoms with Crippen LogP contribution in [0.25, 0.3) is 0 Å². The molecule has 1 unspecified atom stereocenters. The van der Waals surface area contributed by atoms with Crippen LogP contribution in [0.15, 0.2) is 54.6 Å². The Kier molecular flexibility index (Phi) is 7.76. The monoisotopic (exact) mass is 423 g/mol. The van der Waals surface area contributed by atoms with E-state index >= 15 is 0 Å². The Bertz CT molecular complexity index is 910. The highest BCUT2D eigenvalue weighted by Gasteiger charge is 2.29. The maximum Gasteiger partial charge on any atom is 0.273 e. The van der Waals surface area contributed by atoms with Crippen molar-refractivity contribution in [2.45, 2.75) is 64.1 Å². The molecule has 7 nitrogen and oxygen atoms in total. The zero-order valence-corrected chi connectivity index (χ0v) is 17.8. The zero-order valence-electron chi connectivity index (χ0n) is 17.8. The number of nitrogens with one attached hydrogen (secondary N) is 1. The first-order chi connectivity index (χ1) is 15.0.